The Morgan fingerprint density at radius 2 is 1.78 bits per heavy atom. The number of nitrogens with one attached hydrogen (secondary N) is 1. The van der Waals surface area contributed by atoms with E-state index >= 15 is 0 Å². The van der Waals surface area contributed by atoms with Gasteiger partial charge in [-0.25, -0.2) is 0 Å². The summed E-state index contributed by atoms with van der Waals surface area (Å²) in [4.78, 5) is 0. The van der Waals surface area contributed by atoms with Crippen molar-refractivity contribution in [2.24, 2.45) is 0 Å². The number of unbranched alkanes of at least 4 members (excludes halogenated alkanes) is 3. The van der Waals surface area contributed by atoms with E-state index in [1.165, 1.54) is 64.2 Å². The molecule has 1 atom stereocenters. The second-order valence-corrected chi connectivity index (χ2v) is 5.79. The lowest BCUT2D eigenvalue weighted by molar-refractivity contribution is -0.0694. The summed E-state index contributed by atoms with van der Waals surface area (Å²) in [7, 11) is 1.92. The average Bonchev–Trinajstić information content (AvgIpc) is 2.43. The number of hydrogen-bond acceptors (Lipinski definition) is 2. The summed E-state index contributed by atoms with van der Waals surface area (Å²) in [5.74, 6) is 0. The van der Waals surface area contributed by atoms with Crippen LogP contribution in [0.1, 0.15) is 78.1 Å². The molecule has 1 aliphatic carbocycles. The van der Waals surface area contributed by atoms with E-state index in [1.54, 1.807) is 0 Å². The lowest BCUT2D eigenvalue weighted by Gasteiger charge is -2.43. The number of ether oxygens (including phenoxy) is 1. The molecule has 0 bridgehead atoms. The molecule has 18 heavy (non-hydrogen) atoms. The maximum absolute atomic E-state index is 5.99. The topological polar surface area (TPSA) is 21.3 Å². The summed E-state index contributed by atoms with van der Waals surface area (Å²) in [6.07, 6.45) is 13.2. The SMILES string of the molecule is CCCCCCC(NCC)C1(OC)CCCCC1. The van der Waals surface area contributed by atoms with Gasteiger partial charge in [0.05, 0.1) is 5.60 Å². The van der Waals surface area contributed by atoms with Gasteiger partial charge < -0.3 is 10.1 Å². The predicted octanol–water partition coefficient (Wildman–Crippen LogP) is 4.28. The molecular formula is C16H33NO. The molecule has 0 aromatic rings. The first-order valence-corrected chi connectivity index (χ1v) is 8.07. The van der Waals surface area contributed by atoms with Crippen molar-refractivity contribution in [3.8, 4) is 0 Å². The molecule has 0 aromatic heterocycles. The predicted molar refractivity (Wildman–Crippen MR) is 79.0 cm³/mol. The van der Waals surface area contributed by atoms with Gasteiger partial charge in [-0.1, -0.05) is 58.8 Å². The Balaban J connectivity index is 2.50. The molecule has 0 aliphatic heterocycles. The van der Waals surface area contributed by atoms with Gasteiger partial charge in [-0.2, -0.15) is 0 Å². The first kappa shape index (κ1) is 16.0. The zero-order chi connectivity index (χ0) is 13.3. The minimum atomic E-state index is 0.125. The fraction of sp³-hybridized carbons (Fsp3) is 1.00. The van der Waals surface area contributed by atoms with Crippen molar-refractivity contribution in [1.29, 1.82) is 0 Å². The summed E-state index contributed by atoms with van der Waals surface area (Å²) in [6, 6.07) is 0.560. The Hall–Kier alpha value is -0.0800. The van der Waals surface area contributed by atoms with Crippen LogP contribution >= 0.6 is 0 Å². The molecule has 0 saturated heterocycles. The van der Waals surface area contributed by atoms with Crippen LogP contribution in [0.3, 0.4) is 0 Å². The molecule has 1 aliphatic rings. The number of methoxy groups -OCH3 is 1. The highest BCUT2D eigenvalue weighted by molar-refractivity contribution is 4.95. The molecule has 0 radical (unpaired) electrons. The van der Waals surface area contributed by atoms with Crippen LogP contribution in [-0.2, 0) is 4.74 Å². The van der Waals surface area contributed by atoms with E-state index in [9.17, 15) is 0 Å². The quantitative estimate of drug-likeness (QED) is 0.621. The van der Waals surface area contributed by atoms with E-state index in [2.05, 4.69) is 19.2 Å². The van der Waals surface area contributed by atoms with Gasteiger partial charge in [0.1, 0.15) is 0 Å². The third-order valence-corrected chi connectivity index (χ3v) is 4.54. The van der Waals surface area contributed by atoms with Crippen molar-refractivity contribution < 1.29 is 4.74 Å². The minimum Gasteiger partial charge on any atom is -0.377 e. The highest BCUT2D eigenvalue weighted by atomic mass is 16.5. The van der Waals surface area contributed by atoms with Crippen molar-refractivity contribution >= 4 is 0 Å². The normalized spacial score (nSPS) is 20.8. The van der Waals surface area contributed by atoms with E-state index < -0.39 is 0 Å². The van der Waals surface area contributed by atoms with Crippen LogP contribution in [0.15, 0.2) is 0 Å². The van der Waals surface area contributed by atoms with Gasteiger partial charge in [-0.3, -0.25) is 0 Å². The first-order chi connectivity index (χ1) is 8.79. The number of hydrogen-bond donors (Lipinski definition) is 1. The van der Waals surface area contributed by atoms with Gasteiger partial charge in [-0.15, -0.1) is 0 Å². The van der Waals surface area contributed by atoms with Crippen LogP contribution in [-0.4, -0.2) is 25.3 Å². The Morgan fingerprint density at radius 1 is 1.06 bits per heavy atom. The molecule has 0 spiro atoms. The monoisotopic (exact) mass is 255 g/mol. The van der Waals surface area contributed by atoms with Crippen LogP contribution in [0.5, 0.6) is 0 Å². The maximum Gasteiger partial charge on any atom is 0.0830 e. The summed E-state index contributed by atoms with van der Waals surface area (Å²) in [6.45, 7) is 5.55. The molecular weight excluding hydrogens is 222 g/mol. The second-order valence-electron chi connectivity index (χ2n) is 5.79. The largest absolute Gasteiger partial charge is 0.377 e. The number of likely N-dealkylation sites (N-methyl/N-ethyl adjacent to an activating group) is 1. The van der Waals surface area contributed by atoms with Crippen LogP contribution in [0.2, 0.25) is 0 Å². The fourth-order valence-electron chi connectivity index (χ4n) is 3.42. The van der Waals surface area contributed by atoms with Gasteiger partial charge in [0.15, 0.2) is 0 Å². The highest BCUT2D eigenvalue weighted by Crippen LogP contribution is 2.35. The van der Waals surface area contributed by atoms with Crippen LogP contribution in [0, 0.1) is 0 Å². The standard InChI is InChI=1S/C16H33NO/c1-4-6-7-9-12-15(17-5-2)16(18-3)13-10-8-11-14-16/h15,17H,4-14H2,1-3H3. The molecule has 1 fully saturated rings. The molecule has 2 heteroatoms. The average molecular weight is 255 g/mol. The van der Waals surface area contributed by atoms with Crippen molar-refractivity contribution in [3.63, 3.8) is 0 Å². The van der Waals surface area contributed by atoms with Gasteiger partial charge in [0.2, 0.25) is 0 Å². The Kier molecular flexibility index (Phi) is 7.92. The lowest BCUT2D eigenvalue weighted by atomic mass is 9.77. The van der Waals surface area contributed by atoms with Gasteiger partial charge in [0, 0.05) is 13.2 Å². The minimum absolute atomic E-state index is 0.125. The molecule has 1 rings (SSSR count). The number of rotatable bonds is 9. The van der Waals surface area contributed by atoms with Crippen LogP contribution in [0.25, 0.3) is 0 Å². The van der Waals surface area contributed by atoms with E-state index in [0.29, 0.717) is 6.04 Å². The van der Waals surface area contributed by atoms with Gasteiger partial charge in [0.25, 0.3) is 0 Å². The molecule has 1 unspecified atom stereocenters. The summed E-state index contributed by atoms with van der Waals surface area (Å²) < 4.78 is 5.99. The van der Waals surface area contributed by atoms with E-state index in [0.717, 1.165) is 6.54 Å². The van der Waals surface area contributed by atoms with Gasteiger partial charge >= 0.3 is 0 Å². The molecule has 0 aromatic carbocycles. The first-order valence-electron chi connectivity index (χ1n) is 8.07. The maximum atomic E-state index is 5.99. The van der Waals surface area contributed by atoms with E-state index in [1.807, 2.05) is 7.11 Å². The van der Waals surface area contributed by atoms with Crippen LogP contribution < -0.4 is 5.32 Å². The third kappa shape index (κ3) is 4.55. The molecule has 1 saturated carbocycles. The Morgan fingerprint density at radius 3 is 2.33 bits per heavy atom. The summed E-state index contributed by atoms with van der Waals surface area (Å²) >= 11 is 0. The molecule has 0 heterocycles. The van der Waals surface area contributed by atoms with Gasteiger partial charge in [-0.05, 0) is 25.8 Å². The molecule has 0 amide bonds. The fourth-order valence-corrected chi connectivity index (χ4v) is 3.42. The molecule has 108 valence electrons. The zero-order valence-corrected chi connectivity index (χ0v) is 12.8. The van der Waals surface area contributed by atoms with Crippen molar-refractivity contribution in [2.45, 2.75) is 89.7 Å². The zero-order valence-electron chi connectivity index (χ0n) is 12.8. The Labute approximate surface area is 114 Å². The summed E-state index contributed by atoms with van der Waals surface area (Å²) in [5, 5.41) is 3.70. The third-order valence-electron chi connectivity index (χ3n) is 4.54. The molecule has 2 nitrogen and oxygen atoms in total. The van der Waals surface area contributed by atoms with Crippen molar-refractivity contribution in [1.82, 2.24) is 5.32 Å². The van der Waals surface area contributed by atoms with Crippen molar-refractivity contribution in [3.05, 3.63) is 0 Å². The molecule has 1 N–H and O–H groups in total. The smallest absolute Gasteiger partial charge is 0.0830 e. The van der Waals surface area contributed by atoms with E-state index in [4.69, 9.17) is 4.74 Å². The summed E-state index contributed by atoms with van der Waals surface area (Å²) in [5.41, 5.74) is 0.125. The lowest BCUT2D eigenvalue weighted by Crippen LogP contribution is -2.53. The van der Waals surface area contributed by atoms with Crippen molar-refractivity contribution in [2.75, 3.05) is 13.7 Å². The van der Waals surface area contributed by atoms with Crippen LogP contribution in [0.4, 0.5) is 0 Å². The highest BCUT2D eigenvalue weighted by Gasteiger charge is 2.39. The second kappa shape index (κ2) is 8.92. The van der Waals surface area contributed by atoms with E-state index in [-0.39, 0.29) is 5.60 Å². The Bertz CT molecular complexity index is 199.